The normalized spacial score (nSPS) is 20.1. The van der Waals surface area contributed by atoms with Gasteiger partial charge in [-0.1, -0.05) is 85.6 Å². The Balaban J connectivity index is 0.794. The molecule has 2 saturated carbocycles. The van der Waals surface area contributed by atoms with E-state index in [0.717, 1.165) is 152 Å². The summed E-state index contributed by atoms with van der Waals surface area (Å²) in [6.07, 6.45) is 41.8. The molecule has 24 rings (SSSR count). The van der Waals surface area contributed by atoms with E-state index in [0.29, 0.717) is 36.9 Å². The highest BCUT2D eigenvalue weighted by molar-refractivity contribution is 5.63. The molecule has 14 heterocycles. The third-order valence-corrected chi connectivity index (χ3v) is 21.8. The molecular formula is C84H94N4O4+4. The lowest BCUT2D eigenvalue weighted by Gasteiger charge is -2.41. The summed E-state index contributed by atoms with van der Waals surface area (Å²) in [5.74, 6) is 5.73. The zero-order chi connectivity index (χ0) is 61.7. The second-order valence-electron chi connectivity index (χ2n) is 28.0. The minimum atomic E-state index is 0.325. The van der Waals surface area contributed by atoms with Crippen molar-refractivity contribution >= 4 is 0 Å². The molecule has 5 aromatic carbocycles. The van der Waals surface area contributed by atoms with Crippen molar-refractivity contribution < 1.29 is 37.2 Å². The highest BCUT2D eigenvalue weighted by Crippen LogP contribution is 2.58. The number of aryl methyl sites for hydroxylation is 6. The quantitative estimate of drug-likeness (QED) is 0.162. The van der Waals surface area contributed by atoms with Gasteiger partial charge >= 0.3 is 0 Å². The predicted octanol–water partition coefficient (Wildman–Crippen LogP) is 16.5. The molecule has 15 aliphatic rings. The van der Waals surface area contributed by atoms with Gasteiger partial charge in [-0.15, -0.1) is 0 Å². The Bertz CT molecular complexity index is 3780. The first-order valence-electron chi connectivity index (χ1n) is 35.4. The molecule has 0 spiro atoms. The molecule has 10 aliphatic heterocycles. The topological polar surface area (TPSA) is 52.4 Å². The molecule has 0 unspecified atom stereocenters. The van der Waals surface area contributed by atoms with Gasteiger partial charge < -0.3 is 18.9 Å². The Morgan fingerprint density at radius 3 is 0.978 bits per heavy atom. The van der Waals surface area contributed by atoms with Crippen molar-refractivity contribution in [1.82, 2.24) is 0 Å². The largest absolute Gasteiger partial charge is 0.496 e. The van der Waals surface area contributed by atoms with E-state index in [1.165, 1.54) is 139 Å². The van der Waals surface area contributed by atoms with E-state index in [1.807, 2.05) is 14.2 Å². The number of nitrogens with zero attached hydrogens (tertiary/aromatic N) is 4. The fourth-order valence-corrected chi connectivity index (χ4v) is 16.5. The Labute approximate surface area is 546 Å². The lowest BCUT2D eigenvalue weighted by molar-refractivity contribution is -0.697. The summed E-state index contributed by atoms with van der Waals surface area (Å²) in [5.41, 5.74) is 24.2. The van der Waals surface area contributed by atoms with Crippen molar-refractivity contribution in [2.24, 2.45) is 0 Å². The van der Waals surface area contributed by atoms with Crippen LogP contribution in [-0.2, 0) is 64.7 Å². The molecular weight excluding hydrogens is 1130 g/mol. The van der Waals surface area contributed by atoms with Crippen LogP contribution < -0.4 is 37.2 Å². The number of hydrogen-bond acceptors (Lipinski definition) is 4. The second kappa shape index (κ2) is 27.6. The van der Waals surface area contributed by atoms with Gasteiger partial charge in [-0.25, -0.2) is 18.3 Å². The first-order valence-corrected chi connectivity index (χ1v) is 35.4. The van der Waals surface area contributed by atoms with Crippen LogP contribution in [0.3, 0.4) is 0 Å². The Morgan fingerprint density at radius 2 is 0.630 bits per heavy atom. The minimum Gasteiger partial charge on any atom is -0.496 e. The summed E-state index contributed by atoms with van der Waals surface area (Å²) in [4.78, 5) is 0. The third-order valence-electron chi connectivity index (χ3n) is 21.8. The molecule has 0 amide bonds. The maximum atomic E-state index is 7.42. The van der Waals surface area contributed by atoms with Crippen molar-refractivity contribution in [1.29, 1.82) is 0 Å². The molecule has 8 nitrogen and oxygen atoms in total. The summed E-state index contributed by atoms with van der Waals surface area (Å²) in [7, 11) is 3.88. The smallest absolute Gasteiger partial charge is 0.173 e. The molecule has 8 heteroatoms. The highest BCUT2D eigenvalue weighted by atomic mass is 16.5. The number of benzene rings is 5. The zero-order valence-electron chi connectivity index (χ0n) is 54.7. The first kappa shape index (κ1) is 60.2. The number of fused-ring (bicyclic) bond motifs is 6. The Kier molecular flexibility index (Phi) is 18.1. The van der Waals surface area contributed by atoms with Gasteiger partial charge in [-0.2, -0.15) is 0 Å². The van der Waals surface area contributed by atoms with Crippen LogP contribution in [0.5, 0.6) is 23.0 Å². The lowest BCUT2D eigenvalue weighted by atomic mass is 9.64. The highest BCUT2D eigenvalue weighted by Gasteiger charge is 2.41. The summed E-state index contributed by atoms with van der Waals surface area (Å²) in [5, 5.41) is 0. The third kappa shape index (κ3) is 13.1. The summed E-state index contributed by atoms with van der Waals surface area (Å²) >= 11 is 0. The molecule has 5 aliphatic carbocycles. The molecule has 2 fully saturated rings. The average molecular weight is 1220 g/mol. The monoisotopic (exact) mass is 1220 g/mol. The standard InChI is InChI=1S/C84H94N4O4/c1-89-81-69-47-61-15-7-3-9-18-64-50-72-56-70-48-62-16-8-4-10-17-63-49-71(55-69)83(80(54-63)76-26-24-74(76)78(52-62)82(70)90-2)91-45-13-5-11-35-85-37-27-65(28-38-85)67-31-41-87(42-32-67)57-59-19-21-60(22-20-59)58-88-43-33-68(34-44-88)66-29-39-86(40-30-66)36-12-6-14-46-92-84(72)79(53-64)75-25-23-73(75)77(81)51-61/h19-22,27-34,37-44,47-54,73-76H,3-18,23-26,35-36,45-46,55-58H2,1-2H3/q+4/t73-,74-,75+,76+/m0/s1. The van der Waals surface area contributed by atoms with E-state index in [2.05, 4.69) is 189 Å². The van der Waals surface area contributed by atoms with Gasteiger partial charge in [0.2, 0.25) is 0 Å². The molecule has 0 saturated heterocycles. The molecule has 24 bridgehead atoms. The Hall–Kier alpha value is -8.10. The molecule has 470 valence electrons. The maximum Gasteiger partial charge on any atom is 0.173 e. The lowest BCUT2D eigenvalue weighted by Crippen LogP contribution is -2.34. The van der Waals surface area contributed by atoms with Crippen LogP contribution in [0.25, 0.3) is 22.3 Å². The van der Waals surface area contributed by atoms with Crippen LogP contribution in [0.15, 0.2) is 171 Å². The second-order valence-corrected chi connectivity index (χ2v) is 28.0. The van der Waals surface area contributed by atoms with Gasteiger partial charge in [0.1, 0.15) is 36.1 Å². The number of ether oxygens (including phenoxy) is 4. The van der Waals surface area contributed by atoms with Crippen LogP contribution in [0.4, 0.5) is 0 Å². The number of aromatic nitrogens is 4. The molecule has 9 aromatic rings. The van der Waals surface area contributed by atoms with Crippen LogP contribution in [-0.4, -0.2) is 27.4 Å². The maximum absolute atomic E-state index is 7.42. The fourth-order valence-electron chi connectivity index (χ4n) is 16.5. The van der Waals surface area contributed by atoms with Gasteiger partial charge in [0.15, 0.2) is 62.7 Å². The average Bonchev–Trinajstić information content (AvgIpc) is 0.870. The molecule has 4 atom stereocenters. The van der Waals surface area contributed by atoms with E-state index in [9.17, 15) is 0 Å². The van der Waals surface area contributed by atoms with Crippen molar-refractivity contribution in [2.75, 3.05) is 27.4 Å². The van der Waals surface area contributed by atoms with Crippen LogP contribution in [0.1, 0.15) is 204 Å². The number of methoxy groups -OCH3 is 2. The van der Waals surface area contributed by atoms with E-state index >= 15 is 0 Å². The van der Waals surface area contributed by atoms with E-state index in [4.69, 9.17) is 18.9 Å². The van der Waals surface area contributed by atoms with E-state index < -0.39 is 0 Å². The van der Waals surface area contributed by atoms with Gasteiger partial charge in [0.25, 0.3) is 0 Å². The van der Waals surface area contributed by atoms with Gasteiger partial charge in [0.05, 0.1) is 27.4 Å². The number of pyridine rings is 4. The molecule has 0 N–H and O–H groups in total. The van der Waals surface area contributed by atoms with Gasteiger partial charge in [-0.05, 0) is 215 Å². The zero-order valence-corrected chi connectivity index (χ0v) is 54.7. The van der Waals surface area contributed by atoms with Crippen LogP contribution in [0, 0.1) is 0 Å². The van der Waals surface area contributed by atoms with Gasteiger partial charge in [0, 0.05) is 85.3 Å². The minimum absolute atomic E-state index is 0.325. The Morgan fingerprint density at radius 1 is 0.315 bits per heavy atom. The molecule has 0 radical (unpaired) electrons. The number of hydrogen-bond donors (Lipinski definition) is 0. The first-order chi connectivity index (χ1) is 45.4. The van der Waals surface area contributed by atoms with Crippen molar-refractivity contribution in [3.05, 3.63) is 249 Å². The van der Waals surface area contributed by atoms with Gasteiger partial charge in [-0.3, -0.25) is 0 Å². The number of rotatable bonds is 2. The van der Waals surface area contributed by atoms with Crippen LogP contribution >= 0.6 is 0 Å². The van der Waals surface area contributed by atoms with E-state index in [1.54, 1.807) is 0 Å². The van der Waals surface area contributed by atoms with E-state index in [-0.39, 0.29) is 0 Å². The van der Waals surface area contributed by atoms with Crippen molar-refractivity contribution in [3.63, 3.8) is 0 Å². The predicted molar refractivity (Wildman–Crippen MR) is 364 cm³/mol. The summed E-state index contributed by atoms with van der Waals surface area (Å²) in [6, 6.07) is 47.7. The SMILES string of the molecule is COc1c2cc3cc1[C@H]1CC[C@H]1c1cc(cc4c1OCCCCC[n+]1ccc(cc1)-c1cc[n+](cc1)Cc1ccc(cc1)C[n+]1ccc(cc1)-c1cc[n+](cc1)CCCCCOc1c(cc5cc1[C@@H]1CC[C@@H]1c1cc(cc(c1OC)C4)CCCCC5)C2)CCCCC3. The molecule has 92 heavy (non-hydrogen) atoms. The summed E-state index contributed by atoms with van der Waals surface area (Å²) in [6.45, 7) is 5.01. The molecule has 4 aromatic heterocycles. The van der Waals surface area contributed by atoms with Crippen molar-refractivity contribution in [3.8, 4) is 45.3 Å². The van der Waals surface area contributed by atoms with Crippen molar-refractivity contribution in [2.45, 2.75) is 191 Å². The van der Waals surface area contributed by atoms with Crippen LogP contribution in [0.2, 0.25) is 0 Å². The fraction of sp³-hybridized carbons (Fsp3) is 0.405. The summed E-state index contributed by atoms with van der Waals surface area (Å²) < 4.78 is 37.7.